The number of hydrogen-bond acceptors (Lipinski definition) is 5. The van der Waals surface area contributed by atoms with E-state index in [2.05, 4.69) is 31.4 Å². The van der Waals surface area contributed by atoms with Crippen molar-refractivity contribution in [1.29, 1.82) is 0 Å². The van der Waals surface area contributed by atoms with Gasteiger partial charge in [0.25, 0.3) is 0 Å². The molecule has 1 atom stereocenters. The Labute approximate surface area is 164 Å². The summed E-state index contributed by atoms with van der Waals surface area (Å²) in [5, 5.41) is 10.4. The van der Waals surface area contributed by atoms with E-state index in [9.17, 15) is 14.4 Å². The van der Waals surface area contributed by atoms with Crippen molar-refractivity contribution >= 4 is 50.8 Å². The fourth-order valence-electron chi connectivity index (χ4n) is 2.96. The second-order valence-corrected chi connectivity index (χ2v) is 8.27. The molecule has 2 N–H and O–H groups in total. The van der Waals surface area contributed by atoms with E-state index in [0.29, 0.717) is 40.6 Å². The van der Waals surface area contributed by atoms with E-state index in [1.165, 1.54) is 4.90 Å². The average Bonchev–Trinajstić information content (AvgIpc) is 3.20. The molecule has 1 unspecified atom stereocenters. The number of amides is 2. The van der Waals surface area contributed by atoms with Crippen LogP contribution in [0.15, 0.2) is 16.7 Å². The first-order chi connectivity index (χ1) is 12.7. The Bertz CT molecular complexity index is 903. The number of likely N-dealkylation sites (tertiary alicyclic amines) is 1. The van der Waals surface area contributed by atoms with Gasteiger partial charge in [-0.2, -0.15) is 5.10 Å². The molecule has 1 aromatic heterocycles. The summed E-state index contributed by atoms with van der Waals surface area (Å²) in [6.07, 6.45) is 0.806. The number of hydrogen-bond donors (Lipinski definition) is 2. The molecule has 2 amide bonds. The van der Waals surface area contributed by atoms with Crippen LogP contribution in [-0.2, 0) is 9.53 Å². The molecule has 2 heterocycles. The molecule has 27 heavy (non-hydrogen) atoms. The van der Waals surface area contributed by atoms with Gasteiger partial charge in [0.1, 0.15) is 10.2 Å². The second kappa shape index (κ2) is 7.30. The fraction of sp³-hybridized carbons (Fsp3) is 0.444. The zero-order valence-electron chi connectivity index (χ0n) is 15.3. The minimum absolute atomic E-state index is 0.233. The van der Waals surface area contributed by atoms with Crippen molar-refractivity contribution in [3.63, 3.8) is 0 Å². The highest BCUT2D eigenvalue weighted by Gasteiger charge is 2.33. The van der Waals surface area contributed by atoms with E-state index in [-0.39, 0.29) is 18.4 Å². The van der Waals surface area contributed by atoms with Crippen LogP contribution in [-0.4, -0.2) is 52.1 Å². The first kappa shape index (κ1) is 19.3. The molecule has 9 heteroatoms. The number of nitrogens with one attached hydrogen (secondary N) is 2. The van der Waals surface area contributed by atoms with Crippen molar-refractivity contribution in [2.24, 2.45) is 5.92 Å². The minimum atomic E-state index is -0.580. The summed E-state index contributed by atoms with van der Waals surface area (Å²) in [5.74, 6) is -0.594. The third-order valence-corrected chi connectivity index (χ3v) is 4.89. The van der Waals surface area contributed by atoms with Crippen molar-refractivity contribution in [3.05, 3.63) is 22.3 Å². The number of anilines is 1. The number of fused-ring (bicyclic) bond motifs is 1. The number of halogens is 1. The van der Waals surface area contributed by atoms with Gasteiger partial charge in [0, 0.05) is 24.0 Å². The molecule has 1 fully saturated rings. The number of benzene rings is 1. The van der Waals surface area contributed by atoms with Crippen LogP contribution < -0.4 is 5.32 Å². The van der Waals surface area contributed by atoms with Gasteiger partial charge in [-0.1, -0.05) is 0 Å². The average molecular weight is 437 g/mol. The third-order valence-electron chi connectivity index (χ3n) is 4.28. The van der Waals surface area contributed by atoms with Crippen molar-refractivity contribution in [2.45, 2.75) is 32.8 Å². The molecule has 8 nitrogen and oxygen atoms in total. The summed E-state index contributed by atoms with van der Waals surface area (Å²) in [4.78, 5) is 37.7. The second-order valence-electron chi connectivity index (χ2n) is 7.52. The first-order valence-corrected chi connectivity index (χ1v) is 9.39. The Morgan fingerprint density at radius 2 is 2.15 bits per heavy atom. The number of rotatable bonds is 3. The number of ether oxygens (including phenoxy) is 1. The number of carbonyl (C=O) groups excluding carboxylic acids is 3. The monoisotopic (exact) mass is 436 g/mol. The quantitative estimate of drug-likeness (QED) is 0.717. The van der Waals surface area contributed by atoms with Crippen molar-refractivity contribution in [1.82, 2.24) is 15.1 Å². The van der Waals surface area contributed by atoms with Crippen molar-refractivity contribution in [2.75, 3.05) is 18.4 Å². The van der Waals surface area contributed by atoms with Crippen LogP contribution >= 0.6 is 15.9 Å². The van der Waals surface area contributed by atoms with Crippen LogP contribution in [0.25, 0.3) is 10.9 Å². The predicted octanol–water partition coefficient (Wildman–Crippen LogP) is 3.33. The third kappa shape index (κ3) is 4.29. The highest BCUT2D eigenvalue weighted by atomic mass is 79.9. The molecule has 0 aliphatic carbocycles. The lowest BCUT2D eigenvalue weighted by Crippen LogP contribution is -2.36. The lowest BCUT2D eigenvalue weighted by Gasteiger charge is -2.24. The molecule has 2 aromatic rings. The summed E-state index contributed by atoms with van der Waals surface area (Å²) in [6, 6.07) is 3.34. The number of aromatic nitrogens is 2. The predicted molar refractivity (Wildman–Crippen MR) is 104 cm³/mol. The highest BCUT2D eigenvalue weighted by Crippen LogP contribution is 2.28. The maximum atomic E-state index is 12.7. The van der Waals surface area contributed by atoms with Gasteiger partial charge < -0.3 is 15.0 Å². The number of carbonyl (C=O) groups is 3. The molecular formula is C18H21BrN4O4. The molecule has 0 bridgehead atoms. The molecule has 1 aliphatic heterocycles. The van der Waals surface area contributed by atoms with Gasteiger partial charge in [-0.3, -0.25) is 14.7 Å². The molecular weight excluding hydrogens is 416 g/mol. The SMILES string of the molecule is CC(C)(C)OC(=O)N1CCC(C(=O)Nc2cc3c(Br)n[nH]c3cc2C=O)C1. The van der Waals surface area contributed by atoms with Crippen LogP contribution in [0.1, 0.15) is 37.6 Å². The van der Waals surface area contributed by atoms with Crippen LogP contribution in [0, 0.1) is 5.92 Å². The van der Waals surface area contributed by atoms with Crippen LogP contribution in [0.3, 0.4) is 0 Å². The molecule has 1 saturated heterocycles. The maximum absolute atomic E-state index is 12.7. The Morgan fingerprint density at radius 3 is 2.81 bits per heavy atom. The number of nitrogens with zero attached hydrogens (tertiary/aromatic N) is 2. The molecule has 1 aromatic carbocycles. The van der Waals surface area contributed by atoms with Crippen LogP contribution in [0.4, 0.5) is 10.5 Å². The summed E-state index contributed by atoms with van der Waals surface area (Å²) >= 11 is 3.33. The van der Waals surface area contributed by atoms with E-state index in [1.807, 2.05) is 0 Å². The first-order valence-electron chi connectivity index (χ1n) is 8.59. The zero-order valence-corrected chi connectivity index (χ0v) is 16.9. The number of H-pyrrole nitrogens is 1. The number of aromatic amines is 1. The van der Waals surface area contributed by atoms with Gasteiger partial charge >= 0.3 is 6.09 Å². The summed E-state index contributed by atoms with van der Waals surface area (Å²) in [7, 11) is 0. The summed E-state index contributed by atoms with van der Waals surface area (Å²) in [6.45, 7) is 6.15. The van der Waals surface area contributed by atoms with E-state index in [0.717, 1.165) is 5.39 Å². The summed E-state index contributed by atoms with van der Waals surface area (Å²) in [5.41, 5.74) is 0.886. The molecule has 144 valence electrons. The van der Waals surface area contributed by atoms with E-state index < -0.39 is 11.7 Å². The zero-order chi connectivity index (χ0) is 19.8. The minimum Gasteiger partial charge on any atom is -0.444 e. The molecule has 0 saturated carbocycles. The van der Waals surface area contributed by atoms with E-state index in [4.69, 9.17) is 4.74 Å². The Morgan fingerprint density at radius 1 is 1.41 bits per heavy atom. The van der Waals surface area contributed by atoms with Gasteiger partial charge in [0.15, 0.2) is 6.29 Å². The lowest BCUT2D eigenvalue weighted by molar-refractivity contribution is -0.119. The fourth-order valence-corrected chi connectivity index (χ4v) is 3.37. The van der Waals surface area contributed by atoms with Gasteiger partial charge in [0.2, 0.25) is 5.91 Å². The van der Waals surface area contributed by atoms with E-state index in [1.54, 1.807) is 32.9 Å². The largest absolute Gasteiger partial charge is 0.444 e. The van der Waals surface area contributed by atoms with E-state index >= 15 is 0 Å². The topological polar surface area (TPSA) is 104 Å². The molecule has 0 radical (unpaired) electrons. The highest BCUT2D eigenvalue weighted by molar-refractivity contribution is 9.10. The lowest BCUT2D eigenvalue weighted by atomic mass is 10.1. The molecule has 1 aliphatic rings. The number of aldehydes is 1. The normalized spacial score (nSPS) is 17.2. The van der Waals surface area contributed by atoms with Crippen LogP contribution in [0.5, 0.6) is 0 Å². The van der Waals surface area contributed by atoms with Gasteiger partial charge in [-0.05, 0) is 55.3 Å². The molecule has 3 rings (SSSR count). The van der Waals surface area contributed by atoms with Crippen LogP contribution in [0.2, 0.25) is 0 Å². The Hall–Kier alpha value is -2.42. The smallest absolute Gasteiger partial charge is 0.410 e. The molecule has 0 spiro atoms. The van der Waals surface area contributed by atoms with Gasteiger partial charge in [0.05, 0.1) is 17.1 Å². The van der Waals surface area contributed by atoms with Crippen molar-refractivity contribution < 1.29 is 19.1 Å². The Balaban J connectivity index is 1.71. The standard InChI is InChI=1S/C18H21BrN4O4/c1-18(2,3)27-17(26)23-5-4-10(8-23)16(25)20-13-7-12-14(6-11(13)9-24)21-22-15(12)19/h6-7,9-10H,4-5,8H2,1-3H3,(H,20,25)(H,21,22). The Kier molecular flexibility index (Phi) is 5.23. The van der Waals surface area contributed by atoms with Gasteiger partial charge in [-0.15, -0.1) is 0 Å². The maximum Gasteiger partial charge on any atom is 0.410 e. The van der Waals surface area contributed by atoms with Gasteiger partial charge in [-0.25, -0.2) is 4.79 Å². The van der Waals surface area contributed by atoms with Crippen molar-refractivity contribution in [3.8, 4) is 0 Å². The summed E-state index contributed by atoms with van der Waals surface area (Å²) < 4.78 is 5.95.